The molecule has 1 atom stereocenters. The first-order chi connectivity index (χ1) is 13.8. The van der Waals surface area contributed by atoms with Gasteiger partial charge in [-0.25, -0.2) is 0 Å². The number of halogens is 1. The molecule has 0 bridgehead atoms. The second-order valence-electron chi connectivity index (χ2n) is 6.96. The zero-order valence-corrected chi connectivity index (χ0v) is 15.5. The van der Waals surface area contributed by atoms with Gasteiger partial charge in [0.2, 0.25) is 0 Å². The largest absolute Gasteiger partial charge is 0.457 e. The summed E-state index contributed by atoms with van der Waals surface area (Å²) in [6.07, 6.45) is 3.59. The molecule has 0 fully saturated rings. The van der Waals surface area contributed by atoms with Crippen LogP contribution in [0.2, 0.25) is 5.02 Å². The molecule has 3 aromatic carbocycles. The van der Waals surface area contributed by atoms with Crippen LogP contribution in [0.5, 0.6) is 23.0 Å². The average Bonchev–Trinajstić information content (AvgIpc) is 2.74. The van der Waals surface area contributed by atoms with Crippen molar-refractivity contribution >= 4 is 11.6 Å². The van der Waals surface area contributed by atoms with Gasteiger partial charge in [-0.05, 0) is 42.0 Å². The third-order valence-electron chi connectivity index (χ3n) is 5.56. The zero-order chi connectivity index (χ0) is 18.7. The maximum absolute atomic E-state index is 6.29. The summed E-state index contributed by atoms with van der Waals surface area (Å²) in [6.45, 7) is 0. The molecule has 4 aromatic rings. The number of nitrogens with zero attached hydrogens (tertiary/aromatic N) is 1. The van der Waals surface area contributed by atoms with E-state index < -0.39 is 5.41 Å². The zero-order valence-electron chi connectivity index (χ0n) is 14.7. The fourth-order valence-electron chi connectivity index (χ4n) is 4.49. The quantitative estimate of drug-likeness (QED) is 0.332. The number of aromatic nitrogens is 1. The highest BCUT2D eigenvalue weighted by molar-refractivity contribution is 6.30. The molecule has 0 spiro atoms. The van der Waals surface area contributed by atoms with Gasteiger partial charge in [0.15, 0.2) is 5.75 Å². The monoisotopic (exact) mass is 383 g/mol. The molecule has 0 amide bonds. The average molecular weight is 384 g/mol. The summed E-state index contributed by atoms with van der Waals surface area (Å²) in [7, 11) is 0. The minimum absolute atomic E-state index is 0.568. The Morgan fingerprint density at radius 1 is 0.679 bits per heavy atom. The Bertz CT molecular complexity index is 1170. The topological polar surface area (TPSA) is 31.4 Å². The molecule has 0 N–H and O–H groups in total. The van der Waals surface area contributed by atoms with Gasteiger partial charge < -0.3 is 9.47 Å². The Morgan fingerprint density at radius 2 is 1.36 bits per heavy atom. The van der Waals surface area contributed by atoms with Gasteiger partial charge in [0.05, 0.1) is 17.2 Å². The molecule has 4 heteroatoms. The first-order valence-corrected chi connectivity index (χ1v) is 9.45. The Kier molecular flexibility index (Phi) is 3.15. The minimum Gasteiger partial charge on any atom is -0.457 e. The second kappa shape index (κ2) is 5.60. The number of ether oxygens (including phenoxy) is 2. The van der Waals surface area contributed by atoms with Crippen LogP contribution in [-0.2, 0) is 5.41 Å². The summed E-state index contributed by atoms with van der Waals surface area (Å²) in [5, 5.41) is 0.705. The van der Waals surface area contributed by atoms with Crippen LogP contribution in [-0.4, -0.2) is 4.98 Å². The molecule has 1 unspecified atom stereocenters. The molecule has 0 radical (unpaired) electrons. The summed E-state index contributed by atoms with van der Waals surface area (Å²) in [5.41, 5.74) is 3.67. The molecule has 6 rings (SSSR count). The lowest BCUT2D eigenvalue weighted by molar-refractivity contribution is 0.384. The molecule has 0 saturated heterocycles. The van der Waals surface area contributed by atoms with Crippen molar-refractivity contribution in [2.45, 2.75) is 5.41 Å². The Balaban J connectivity index is 1.84. The molecule has 0 aliphatic carbocycles. The highest BCUT2D eigenvalue weighted by atomic mass is 35.5. The Morgan fingerprint density at radius 3 is 2.18 bits per heavy atom. The first kappa shape index (κ1) is 15.7. The lowest BCUT2D eigenvalue weighted by Gasteiger charge is -2.44. The molecule has 0 saturated carbocycles. The van der Waals surface area contributed by atoms with Gasteiger partial charge in [0.25, 0.3) is 0 Å². The van der Waals surface area contributed by atoms with Gasteiger partial charge >= 0.3 is 0 Å². The fourth-order valence-corrected chi connectivity index (χ4v) is 4.62. The van der Waals surface area contributed by atoms with Gasteiger partial charge in [-0.2, -0.15) is 0 Å². The van der Waals surface area contributed by atoms with Gasteiger partial charge in [-0.3, -0.25) is 4.98 Å². The molecular formula is C24H14ClNO2. The van der Waals surface area contributed by atoms with Gasteiger partial charge in [-0.15, -0.1) is 0 Å². The van der Waals surface area contributed by atoms with Gasteiger partial charge in [0, 0.05) is 22.3 Å². The van der Waals surface area contributed by atoms with Crippen molar-refractivity contribution in [2.75, 3.05) is 0 Å². The van der Waals surface area contributed by atoms with E-state index in [1.807, 2.05) is 60.8 Å². The van der Waals surface area contributed by atoms with E-state index in [1.54, 1.807) is 6.20 Å². The third-order valence-corrected chi connectivity index (χ3v) is 5.81. The number of rotatable bonds is 1. The van der Waals surface area contributed by atoms with Crippen LogP contribution in [0, 0.1) is 0 Å². The van der Waals surface area contributed by atoms with Crippen LogP contribution < -0.4 is 9.47 Å². The normalized spacial score (nSPS) is 18.2. The summed E-state index contributed by atoms with van der Waals surface area (Å²) in [6, 6.07) is 24.2. The number of hydrogen-bond acceptors (Lipinski definition) is 3. The van der Waals surface area contributed by atoms with E-state index in [1.165, 1.54) is 0 Å². The molecule has 3 nitrogen and oxygen atoms in total. The highest BCUT2D eigenvalue weighted by Crippen LogP contribution is 2.62. The summed E-state index contributed by atoms with van der Waals surface area (Å²) in [5.74, 6) is 3.17. The molecule has 1 aromatic heterocycles. The number of benzene rings is 3. The molecular weight excluding hydrogens is 370 g/mol. The molecule has 3 heterocycles. The van der Waals surface area contributed by atoms with Crippen LogP contribution in [0.4, 0.5) is 0 Å². The van der Waals surface area contributed by atoms with Crippen molar-refractivity contribution in [3.63, 3.8) is 0 Å². The lowest BCUT2D eigenvalue weighted by Crippen LogP contribution is -2.37. The summed E-state index contributed by atoms with van der Waals surface area (Å²) >= 11 is 6.23. The lowest BCUT2D eigenvalue weighted by atomic mass is 9.62. The van der Waals surface area contributed by atoms with Crippen molar-refractivity contribution in [1.82, 2.24) is 4.98 Å². The van der Waals surface area contributed by atoms with Crippen molar-refractivity contribution in [3.8, 4) is 23.0 Å². The minimum atomic E-state index is -0.568. The van der Waals surface area contributed by atoms with Crippen molar-refractivity contribution in [1.29, 1.82) is 0 Å². The summed E-state index contributed by atoms with van der Waals surface area (Å²) < 4.78 is 12.5. The highest BCUT2D eigenvalue weighted by Gasteiger charge is 2.51. The van der Waals surface area contributed by atoms with Crippen molar-refractivity contribution in [2.24, 2.45) is 0 Å². The van der Waals surface area contributed by atoms with E-state index in [9.17, 15) is 0 Å². The van der Waals surface area contributed by atoms with Crippen LogP contribution in [0.1, 0.15) is 22.3 Å². The fraction of sp³-hybridized carbons (Fsp3) is 0.0417. The Labute approximate surface area is 167 Å². The second-order valence-corrected chi connectivity index (χ2v) is 7.39. The van der Waals surface area contributed by atoms with E-state index in [0.29, 0.717) is 5.02 Å². The number of hydrogen-bond donors (Lipinski definition) is 0. The predicted molar refractivity (Wildman–Crippen MR) is 108 cm³/mol. The summed E-state index contributed by atoms with van der Waals surface area (Å²) in [4.78, 5) is 4.30. The smallest absolute Gasteiger partial charge is 0.150 e. The maximum Gasteiger partial charge on any atom is 0.150 e. The van der Waals surface area contributed by atoms with E-state index >= 15 is 0 Å². The van der Waals surface area contributed by atoms with Crippen LogP contribution in [0.3, 0.4) is 0 Å². The van der Waals surface area contributed by atoms with Crippen molar-refractivity contribution in [3.05, 3.63) is 112 Å². The molecule has 28 heavy (non-hydrogen) atoms. The Hall–Kier alpha value is -3.30. The maximum atomic E-state index is 6.29. The molecule has 2 aliphatic heterocycles. The SMILES string of the molecule is Clc1ccc(C23c4ccccc4Oc4cccc(c42)Oc2cnccc23)cc1. The van der Waals surface area contributed by atoms with Crippen LogP contribution >= 0.6 is 11.6 Å². The first-order valence-electron chi connectivity index (χ1n) is 9.08. The van der Waals surface area contributed by atoms with Gasteiger partial charge in [-0.1, -0.05) is 48.0 Å². The van der Waals surface area contributed by atoms with Crippen LogP contribution in [0.25, 0.3) is 0 Å². The van der Waals surface area contributed by atoms with E-state index in [-0.39, 0.29) is 0 Å². The van der Waals surface area contributed by atoms with E-state index in [0.717, 1.165) is 45.3 Å². The molecule has 134 valence electrons. The number of fused-ring (bicyclic) bond motifs is 4. The van der Waals surface area contributed by atoms with Crippen molar-refractivity contribution < 1.29 is 9.47 Å². The number of pyridine rings is 1. The number of para-hydroxylation sites is 1. The van der Waals surface area contributed by atoms with E-state index in [2.05, 4.69) is 23.2 Å². The third kappa shape index (κ3) is 1.92. The van der Waals surface area contributed by atoms with Crippen LogP contribution in [0.15, 0.2) is 85.2 Å². The van der Waals surface area contributed by atoms with Gasteiger partial charge in [0.1, 0.15) is 17.2 Å². The van der Waals surface area contributed by atoms with E-state index in [4.69, 9.17) is 21.1 Å². The predicted octanol–water partition coefficient (Wildman–Crippen LogP) is 6.33. The molecule has 2 aliphatic rings. The standard InChI is InChI=1S/C24H14ClNO2/c25-16-10-8-15(9-11-16)24-17-4-1-2-5-19(17)27-20-6-3-7-21(23(20)24)28-22-14-26-13-12-18(22)24/h1-14H.